The molecule has 2 aromatic rings. The molecule has 2 N–H and O–H groups in total. The number of H-pyrrole nitrogens is 1. The molecule has 1 aromatic heterocycles. The van der Waals surface area contributed by atoms with Gasteiger partial charge < -0.3 is 15.0 Å². The summed E-state index contributed by atoms with van der Waals surface area (Å²) < 4.78 is 6.61. The third-order valence-corrected chi connectivity index (χ3v) is 5.65. The molecule has 1 saturated carbocycles. The Balaban J connectivity index is 1.56. The monoisotopic (exact) mass is 418 g/mol. The predicted octanol–water partition coefficient (Wildman–Crippen LogP) is 3.92. The Bertz CT molecular complexity index is 808. The summed E-state index contributed by atoms with van der Waals surface area (Å²) in [6.07, 6.45) is 2.61. The summed E-state index contributed by atoms with van der Waals surface area (Å²) in [5.74, 6) is 0.295. The van der Waals surface area contributed by atoms with E-state index in [1.54, 1.807) is 0 Å². The van der Waals surface area contributed by atoms with Crippen LogP contribution < -0.4 is 10.2 Å². The minimum Gasteiger partial charge on any atom is -0.372 e. The Hall–Kier alpha value is -1.86. The van der Waals surface area contributed by atoms with Crippen LogP contribution in [0.4, 0.5) is 11.4 Å². The summed E-state index contributed by atoms with van der Waals surface area (Å²) in [4.78, 5) is 15.1. The van der Waals surface area contributed by atoms with E-state index in [-0.39, 0.29) is 18.1 Å². The molecule has 1 aliphatic heterocycles. The van der Waals surface area contributed by atoms with E-state index in [4.69, 9.17) is 4.74 Å². The van der Waals surface area contributed by atoms with Gasteiger partial charge in [-0.1, -0.05) is 12.1 Å². The molecule has 2 aliphatic rings. The van der Waals surface area contributed by atoms with Gasteiger partial charge in [0, 0.05) is 19.0 Å². The van der Waals surface area contributed by atoms with Crippen LogP contribution in [0.25, 0.3) is 0 Å². The van der Waals surface area contributed by atoms with Crippen molar-refractivity contribution in [2.75, 3.05) is 23.3 Å². The SMILES string of the molecule is C[C@H]1CN(c2ccccc2NC(=O)c2n[nH]c(C3CC3)c2Br)C[C@H](C)O1. The first kappa shape index (κ1) is 17.5. The lowest BCUT2D eigenvalue weighted by molar-refractivity contribution is -0.00517. The van der Waals surface area contributed by atoms with Crippen LogP contribution in [0.3, 0.4) is 0 Å². The fourth-order valence-electron chi connectivity index (χ4n) is 3.55. The van der Waals surface area contributed by atoms with Gasteiger partial charge >= 0.3 is 0 Å². The first-order chi connectivity index (χ1) is 12.5. The molecular weight excluding hydrogens is 396 g/mol. The van der Waals surface area contributed by atoms with Gasteiger partial charge in [-0.3, -0.25) is 9.89 Å². The summed E-state index contributed by atoms with van der Waals surface area (Å²) in [5.41, 5.74) is 3.24. The van der Waals surface area contributed by atoms with Crippen molar-refractivity contribution in [3.63, 3.8) is 0 Å². The number of morpholine rings is 1. The quantitative estimate of drug-likeness (QED) is 0.789. The zero-order chi connectivity index (χ0) is 18.3. The van der Waals surface area contributed by atoms with Crippen molar-refractivity contribution in [3.05, 3.63) is 40.1 Å². The lowest BCUT2D eigenvalue weighted by Gasteiger charge is -2.37. The van der Waals surface area contributed by atoms with Crippen LogP contribution in [0.2, 0.25) is 0 Å². The number of nitrogens with one attached hydrogen (secondary N) is 2. The van der Waals surface area contributed by atoms with E-state index in [2.05, 4.69) is 50.2 Å². The molecular formula is C19H23BrN4O2. The van der Waals surface area contributed by atoms with Crippen molar-refractivity contribution in [1.82, 2.24) is 10.2 Å². The van der Waals surface area contributed by atoms with Crippen LogP contribution in [0.5, 0.6) is 0 Å². The molecule has 1 saturated heterocycles. The van der Waals surface area contributed by atoms with Gasteiger partial charge in [0.2, 0.25) is 0 Å². The summed E-state index contributed by atoms with van der Waals surface area (Å²) in [6, 6.07) is 7.89. The number of carbonyl (C=O) groups is 1. The predicted molar refractivity (Wildman–Crippen MR) is 105 cm³/mol. The van der Waals surface area contributed by atoms with E-state index in [1.807, 2.05) is 24.3 Å². The molecule has 1 aromatic carbocycles. The minimum absolute atomic E-state index is 0.157. The molecule has 0 spiro atoms. The molecule has 2 fully saturated rings. The Labute approximate surface area is 161 Å². The van der Waals surface area contributed by atoms with Crippen LogP contribution in [0.15, 0.2) is 28.7 Å². The fraction of sp³-hybridized carbons (Fsp3) is 0.474. The maximum atomic E-state index is 12.8. The van der Waals surface area contributed by atoms with Gasteiger partial charge in [0.15, 0.2) is 5.69 Å². The maximum Gasteiger partial charge on any atom is 0.277 e. The fourth-order valence-corrected chi connectivity index (χ4v) is 4.23. The standard InChI is InChI=1S/C19H23BrN4O2/c1-11-9-24(10-12(2)26-11)15-6-4-3-5-14(15)21-19(25)18-16(20)17(22-23-18)13-7-8-13/h3-6,11-13H,7-10H2,1-2H3,(H,21,25)(H,22,23)/t11-,12-/m0/s1. The minimum atomic E-state index is -0.207. The number of ether oxygens (including phenoxy) is 1. The zero-order valence-electron chi connectivity index (χ0n) is 15.0. The Morgan fingerprint density at radius 3 is 2.65 bits per heavy atom. The number of nitrogens with zero attached hydrogens (tertiary/aromatic N) is 2. The summed E-state index contributed by atoms with van der Waals surface area (Å²) in [5, 5.41) is 10.3. The molecule has 0 unspecified atom stereocenters. The second kappa shape index (κ2) is 7.04. The first-order valence-electron chi connectivity index (χ1n) is 9.07. The number of para-hydroxylation sites is 2. The van der Waals surface area contributed by atoms with E-state index in [1.165, 1.54) is 0 Å². The van der Waals surface area contributed by atoms with E-state index < -0.39 is 0 Å². The van der Waals surface area contributed by atoms with Gasteiger partial charge in [-0.25, -0.2) is 0 Å². The third-order valence-electron chi connectivity index (χ3n) is 4.85. The molecule has 4 rings (SSSR count). The molecule has 6 nitrogen and oxygen atoms in total. The molecule has 0 bridgehead atoms. The summed E-state index contributed by atoms with van der Waals surface area (Å²) in [6.45, 7) is 5.75. The molecule has 2 heterocycles. The summed E-state index contributed by atoms with van der Waals surface area (Å²) in [7, 11) is 0. The van der Waals surface area contributed by atoms with Gasteiger partial charge in [-0.2, -0.15) is 5.10 Å². The van der Waals surface area contributed by atoms with E-state index >= 15 is 0 Å². The number of carbonyl (C=O) groups excluding carboxylic acids is 1. The number of hydrogen-bond acceptors (Lipinski definition) is 4. The normalized spacial score (nSPS) is 23.1. The highest BCUT2D eigenvalue weighted by Gasteiger charge is 2.31. The van der Waals surface area contributed by atoms with Crippen LogP contribution in [-0.2, 0) is 4.74 Å². The number of amides is 1. The van der Waals surface area contributed by atoms with Gasteiger partial charge in [0.05, 0.1) is 33.7 Å². The average Bonchev–Trinajstić information content (AvgIpc) is 3.36. The Kier molecular flexibility index (Phi) is 4.75. The topological polar surface area (TPSA) is 70.2 Å². The number of aromatic amines is 1. The lowest BCUT2D eigenvalue weighted by Crippen LogP contribution is -2.45. The molecule has 2 atom stereocenters. The number of rotatable bonds is 4. The molecule has 0 radical (unpaired) electrons. The van der Waals surface area contributed by atoms with Crippen LogP contribution in [0, 0.1) is 0 Å². The molecule has 1 aliphatic carbocycles. The maximum absolute atomic E-state index is 12.8. The third kappa shape index (κ3) is 3.50. The van der Waals surface area contributed by atoms with Gasteiger partial charge in [0.1, 0.15) is 0 Å². The van der Waals surface area contributed by atoms with Gasteiger partial charge in [0.25, 0.3) is 5.91 Å². The number of halogens is 1. The largest absolute Gasteiger partial charge is 0.372 e. The summed E-state index contributed by atoms with van der Waals surface area (Å²) >= 11 is 3.54. The second-order valence-corrected chi connectivity index (χ2v) is 8.00. The second-order valence-electron chi connectivity index (χ2n) is 7.21. The number of hydrogen-bond donors (Lipinski definition) is 2. The van der Waals surface area contributed by atoms with Gasteiger partial charge in [-0.15, -0.1) is 0 Å². The molecule has 26 heavy (non-hydrogen) atoms. The van der Waals surface area contributed by atoms with E-state index in [0.717, 1.165) is 47.5 Å². The highest BCUT2D eigenvalue weighted by atomic mass is 79.9. The first-order valence-corrected chi connectivity index (χ1v) is 9.86. The highest BCUT2D eigenvalue weighted by molar-refractivity contribution is 9.10. The van der Waals surface area contributed by atoms with Crippen molar-refractivity contribution < 1.29 is 9.53 Å². The van der Waals surface area contributed by atoms with E-state index in [0.29, 0.717) is 11.6 Å². The van der Waals surface area contributed by atoms with Crippen molar-refractivity contribution in [2.45, 2.75) is 44.8 Å². The molecule has 1 amide bonds. The average molecular weight is 419 g/mol. The van der Waals surface area contributed by atoms with Crippen molar-refractivity contribution in [2.24, 2.45) is 0 Å². The van der Waals surface area contributed by atoms with Crippen LogP contribution in [-0.4, -0.2) is 41.4 Å². The zero-order valence-corrected chi connectivity index (χ0v) is 16.5. The molecule has 138 valence electrons. The number of anilines is 2. The Morgan fingerprint density at radius 1 is 1.27 bits per heavy atom. The van der Waals surface area contributed by atoms with E-state index in [9.17, 15) is 4.79 Å². The van der Waals surface area contributed by atoms with Gasteiger partial charge in [-0.05, 0) is 54.8 Å². The number of benzene rings is 1. The number of aromatic nitrogens is 2. The Morgan fingerprint density at radius 2 is 1.96 bits per heavy atom. The van der Waals surface area contributed by atoms with Crippen molar-refractivity contribution in [3.8, 4) is 0 Å². The van der Waals surface area contributed by atoms with Crippen molar-refractivity contribution in [1.29, 1.82) is 0 Å². The highest BCUT2D eigenvalue weighted by Crippen LogP contribution is 2.43. The van der Waals surface area contributed by atoms with Crippen LogP contribution in [0.1, 0.15) is 48.8 Å². The lowest BCUT2D eigenvalue weighted by atomic mass is 10.1. The van der Waals surface area contributed by atoms with Crippen LogP contribution >= 0.6 is 15.9 Å². The smallest absolute Gasteiger partial charge is 0.277 e. The van der Waals surface area contributed by atoms with Crippen molar-refractivity contribution >= 4 is 33.2 Å². The molecule has 7 heteroatoms.